The molecular weight excluding hydrogens is 275 g/mol. The summed E-state index contributed by atoms with van der Waals surface area (Å²) in [4.78, 5) is 9.89. The normalized spacial score (nSPS) is 35.9. The van der Waals surface area contributed by atoms with Crippen molar-refractivity contribution in [3.8, 4) is 0 Å². The van der Waals surface area contributed by atoms with Gasteiger partial charge in [-0.25, -0.2) is 4.39 Å². The van der Waals surface area contributed by atoms with E-state index in [2.05, 4.69) is 5.09 Å². The molecule has 0 saturated carbocycles. The SMILES string of the molecule is [B][C@@H]1O[C@H](COC(C)C)C(NP(O)(=S)CC)C1F. The first-order valence-corrected chi connectivity index (χ1v) is 8.97. The van der Waals surface area contributed by atoms with Crippen LogP contribution in [0.1, 0.15) is 20.8 Å². The van der Waals surface area contributed by atoms with Crippen molar-refractivity contribution < 1.29 is 18.8 Å². The molecule has 0 bridgehead atoms. The van der Waals surface area contributed by atoms with Gasteiger partial charge in [0.05, 0.1) is 24.9 Å². The number of rotatable bonds is 6. The average Bonchev–Trinajstić information content (AvgIpc) is 2.54. The molecule has 5 atom stereocenters. The van der Waals surface area contributed by atoms with Gasteiger partial charge in [-0.3, -0.25) is 5.09 Å². The number of hydrogen-bond donors (Lipinski definition) is 2. The average molecular weight is 295 g/mol. The molecule has 3 unspecified atom stereocenters. The lowest BCUT2D eigenvalue weighted by Crippen LogP contribution is -2.43. The molecule has 1 saturated heterocycles. The molecule has 1 rings (SSSR count). The number of halogens is 1. The molecule has 1 aliphatic rings. The molecule has 0 aromatic rings. The van der Waals surface area contributed by atoms with Gasteiger partial charge in [-0.2, -0.15) is 0 Å². The second-order valence-electron chi connectivity index (χ2n) is 4.64. The smallest absolute Gasteiger partial charge is 0.136 e. The highest BCUT2D eigenvalue weighted by Crippen LogP contribution is 2.39. The lowest BCUT2D eigenvalue weighted by molar-refractivity contribution is -0.0213. The van der Waals surface area contributed by atoms with E-state index in [0.29, 0.717) is 6.16 Å². The lowest BCUT2D eigenvalue weighted by atomic mass is 9.93. The second-order valence-corrected chi connectivity index (χ2v) is 8.74. The molecule has 0 aromatic carbocycles. The molecular formula is C10H20BFNO3PS. The van der Waals surface area contributed by atoms with Crippen LogP contribution >= 0.6 is 6.42 Å². The predicted octanol–water partition coefficient (Wildman–Crippen LogP) is 0.923. The first kappa shape index (κ1) is 16.5. The molecule has 0 aromatic heterocycles. The van der Waals surface area contributed by atoms with Gasteiger partial charge in [0.25, 0.3) is 0 Å². The number of ether oxygens (including phenoxy) is 2. The van der Waals surface area contributed by atoms with Gasteiger partial charge in [0.2, 0.25) is 0 Å². The lowest BCUT2D eigenvalue weighted by Gasteiger charge is -2.26. The Morgan fingerprint density at radius 3 is 2.72 bits per heavy atom. The quantitative estimate of drug-likeness (QED) is 0.564. The van der Waals surface area contributed by atoms with E-state index in [1.165, 1.54) is 0 Å². The fourth-order valence-corrected chi connectivity index (χ4v) is 3.00. The Balaban J connectivity index is 2.67. The van der Waals surface area contributed by atoms with Gasteiger partial charge in [0, 0.05) is 12.2 Å². The van der Waals surface area contributed by atoms with Crippen LogP contribution in [-0.2, 0) is 21.3 Å². The van der Waals surface area contributed by atoms with Crippen molar-refractivity contribution in [3.63, 3.8) is 0 Å². The second kappa shape index (κ2) is 6.77. The van der Waals surface area contributed by atoms with Gasteiger partial charge in [-0.1, -0.05) is 18.7 Å². The summed E-state index contributed by atoms with van der Waals surface area (Å²) in [6.07, 6.45) is -4.24. The standard InChI is InChI=1S/C10H20BFNO3PS/c1-4-17(14,18)13-9-7(5-15-6(2)3)16-10(11)8(9)12/h6-10H,4-5H2,1-3H3,(H2,13,14,18)/t7-,8?,9?,10-,17?/m1/s1. The van der Waals surface area contributed by atoms with Crippen molar-refractivity contribution >= 4 is 26.1 Å². The molecule has 1 heterocycles. The molecule has 4 nitrogen and oxygen atoms in total. The highest BCUT2D eigenvalue weighted by molar-refractivity contribution is 8.10. The zero-order valence-electron chi connectivity index (χ0n) is 10.9. The zero-order chi connectivity index (χ0) is 13.9. The highest BCUT2D eigenvalue weighted by atomic mass is 32.4. The van der Waals surface area contributed by atoms with Gasteiger partial charge in [0.1, 0.15) is 20.4 Å². The summed E-state index contributed by atoms with van der Waals surface area (Å²) in [6, 6.07) is -1.72. The molecule has 18 heavy (non-hydrogen) atoms. The van der Waals surface area contributed by atoms with Crippen molar-refractivity contribution in [2.45, 2.75) is 51.2 Å². The largest absolute Gasteiger partial charge is 0.378 e. The fourth-order valence-electron chi connectivity index (χ4n) is 1.68. The Morgan fingerprint density at radius 2 is 2.22 bits per heavy atom. The van der Waals surface area contributed by atoms with E-state index in [9.17, 15) is 9.28 Å². The Hall–Kier alpha value is 0.485. The third-order valence-electron chi connectivity index (χ3n) is 2.76. The Bertz CT molecular complexity index is 323. The van der Waals surface area contributed by atoms with Crippen LogP contribution in [-0.4, -0.2) is 55.9 Å². The predicted molar refractivity (Wildman–Crippen MR) is 74.4 cm³/mol. The molecule has 8 heteroatoms. The minimum absolute atomic E-state index is 0.0208. The Kier molecular flexibility index (Phi) is 6.22. The Labute approximate surface area is 114 Å². The summed E-state index contributed by atoms with van der Waals surface area (Å²) < 4.78 is 24.6. The molecule has 104 valence electrons. The third-order valence-corrected chi connectivity index (χ3v) is 5.41. The maximum atomic E-state index is 13.9. The number of alkyl halides is 1. The third kappa shape index (κ3) is 4.55. The van der Waals surface area contributed by atoms with Crippen LogP contribution in [0.4, 0.5) is 4.39 Å². The zero-order valence-corrected chi connectivity index (χ0v) is 12.6. The minimum Gasteiger partial charge on any atom is -0.378 e. The van der Waals surface area contributed by atoms with Crippen LogP contribution in [0.15, 0.2) is 0 Å². The molecule has 0 spiro atoms. The van der Waals surface area contributed by atoms with Crippen LogP contribution in [0.5, 0.6) is 0 Å². The molecule has 0 aliphatic carbocycles. The number of hydrogen-bond acceptors (Lipinski definition) is 3. The molecule has 0 amide bonds. The van der Waals surface area contributed by atoms with Gasteiger partial charge >= 0.3 is 0 Å². The van der Waals surface area contributed by atoms with Crippen molar-refractivity contribution in [1.29, 1.82) is 0 Å². The van der Waals surface area contributed by atoms with Crippen LogP contribution in [0.2, 0.25) is 0 Å². The minimum atomic E-state index is -2.72. The highest BCUT2D eigenvalue weighted by Gasteiger charge is 2.43. The fraction of sp³-hybridized carbons (Fsp3) is 1.00. The molecule has 2 radical (unpaired) electrons. The molecule has 1 aliphatic heterocycles. The van der Waals surface area contributed by atoms with E-state index < -0.39 is 30.7 Å². The first-order valence-electron chi connectivity index (χ1n) is 6.03. The van der Waals surface area contributed by atoms with Crippen molar-refractivity contribution in [1.82, 2.24) is 5.09 Å². The van der Waals surface area contributed by atoms with Gasteiger partial charge < -0.3 is 14.4 Å². The molecule has 2 N–H and O–H groups in total. The van der Waals surface area contributed by atoms with E-state index in [1.807, 2.05) is 13.8 Å². The van der Waals surface area contributed by atoms with Crippen LogP contribution in [0.3, 0.4) is 0 Å². The van der Waals surface area contributed by atoms with Crippen LogP contribution < -0.4 is 5.09 Å². The monoisotopic (exact) mass is 295 g/mol. The maximum Gasteiger partial charge on any atom is 0.136 e. The topological polar surface area (TPSA) is 50.7 Å². The summed E-state index contributed by atoms with van der Waals surface area (Å²) in [6.45, 7) is 5.75. The summed E-state index contributed by atoms with van der Waals surface area (Å²) in [5, 5.41) is 2.78. The summed E-state index contributed by atoms with van der Waals surface area (Å²) in [5.74, 6) is 0. The van der Waals surface area contributed by atoms with Crippen molar-refractivity contribution in [2.75, 3.05) is 12.8 Å². The van der Waals surface area contributed by atoms with Gasteiger partial charge in [-0.15, -0.1) is 0 Å². The van der Waals surface area contributed by atoms with E-state index >= 15 is 0 Å². The summed E-state index contributed by atoms with van der Waals surface area (Å²) >= 11 is 5.01. The van der Waals surface area contributed by atoms with E-state index in [0.717, 1.165) is 0 Å². The van der Waals surface area contributed by atoms with Crippen molar-refractivity contribution in [3.05, 3.63) is 0 Å². The van der Waals surface area contributed by atoms with Gasteiger partial charge in [0.15, 0.2) is 0 Å². The van der Waals surface area contributed by atoms with Gasteiger partial charge in [-0.05, 0) is 13.8 Å². The van der Waals surface area contributed by atoms with E-state index in [1.54, 1.807) is 6.92 Å². The Morgan fingerprint density at radius 1 is 1.61 bits per heavy atom. The van der Waals surface area contributed by atoms with E-state index in [4.69, 9.17) is 29.1 Å². The van der Waals surface area contributed by atoms with Crippen LogP contribution in [0.25, 0.3) is 0 Å². The maximum absolute atomic E-state index is 13.9. The molecule has 1 fully saturated rings. The van der Waals surface area contributed by atoms with E-state index in [-0.39, 0.29) is 12.7 Å². The van der Waals surface area contributed by atoms with Crippen molar-refractivity contribution in [2.24, 2.45) is 0 Å². The summed E-state index contributed by atoms with van der Waals surface area (Å²) in [7, 11) is 5.53. The first-order chi connectivity index (χ1) is 8.26. The van der Waals surface area contributed by atoms with Crippen LogP contribution in [0, 0.1) is 0 Å². The summed E-state index contributed by atoms with van der Waals surface area (Å²) in [5.41, 5.74) is 0. The number of nitrogens with one attached hydrogen (secondary N) is 1.